The van der Waals surface area contributed by atoms with E-state index in [1.54, 1.807) is 32.5 Å². The van der Waals surface area contributed by atoms with E-state index in [-0.39, 0.29) is 18.8 Å². The van der Waals surface area contributed by atoms with E-state index in [9.17, 15) is 19.2 Å². The molecule has 49 heavy (non-hydrogen) atoms. The summed E-state index contributed by atoms with van der Waals surface area (Å²) in [5.41, 5.74) is 8.74. The molecule has 262 valence electrons. The fourth-order valence-electron chi connectivity index (χ4n) is 5.84. The Morgan fingerprint density at radius 2 is 1.47 bits per heavy atom. The third-order valence-corrected chi connectivity index (χ3v) is 9.80. The highest BCUT2D eigenvalue weighted by Gasteiger charge is 2.29. The number of benzene rings is 3. The van der Waals surface area contributed by atoms with Gasteiger partial charge in [0.2, 0.25) is 17.7 Å². The van der Waals surface area contributed by atoms with E-state index in [1.165, 1.54) is 32.3 Å². The number of anilines is 5. The number of hydrogen-bond acceptors (Lipinski definition) is 8. The number of aliphatic carboxylic acids is 1. The van der Waals surface area contributed by atoms with E-state index in [1.807, 2.05) is 24.3 Å². The van der Waals surface area contributed by atoms with Crippen molar-refractivity contribution in [1.29, 1.82) is 0 Å². The molecular formula is C37H48N6O5S. The second-order valence-corrected chi connectivity index (χ2v) is 14.3. The van der Waals surface area contributed by atoms with Gasteiger partial charge in [0.25, 0.3) is 0 Å². The lowest BCUT2D eigenvalue weighted by Crippen LogP contribution is -2.53. The van der Waals surface area contributed by atoms with Gasteiger partial charge in [-0.3, -0.25) is 19.2 Å². The van der Waals surface area contributed by atoms with E-state index in [0.717, 1.165) is 16.9 Å². The zero-order valence-electron chi connectivity index (χ0n) is 29.8. The number of aryl methyl sites for hydroxylation is 1. The molecular weight excluding hydrogens is 641 g/mol. The minimum Gasteiger partial charge on any atom is -0.481 e. The Kier molecular flexibility index (Phi) is 11.9. The quantitative estimate of drug-likeness (QED) is 0.179. The molecule has 0 fully saturated rings. The number of hydrogen-bond donors (Lipinski definition) is 4. The van der Waals surface area contributed by atoms with Crippen molar-refractivity contribution in [2.75, 3.05) is 48.2 Å². The predicted molar refractivity (Wildman–Crippen MR) is 197 cm³/mol. The largest absolute Gasteiger partial charge is 0.481 e. The number of carbonyl (C=O) groups excluding carboxylic acids is 3. The van der Waals surface area contributed by atoms with Crippen LogP contribution in [0.2, 0.25) is 0 Å². The molecule has 4 rings (SSSR count). The molecule has 3 aromatic carbocycles. The molecule has 0 spiro atoms. The highest BCUT2D eigenvalue weighted by Crippen LogP contribution is 2.53. The number of nitrogens with one attached hydrogen (secondary N) is 3. The van der Waals surface area contributed by atoms with Crippen LogP contribution in [0.4, 0.5) is 28.4 Å². The Morgan fingerprint density at radius 1 is 0.816 bits per heavy atom. The number of fused-ring (bicyclic) bond motifs is 2. The minimum atomic E-state index is -1.09. The van der Waals surface area contributed by atoms with Gasteiger partial charge in [0.15, 0.2) is 0 Å². The van der Waals surface area contributed by atoms with Crippen LogP contribution < -0.4 is 30.7 Å². The normalized spacial score (nSPS) is 13.1. The summed E-state index contributed by atoms with van der Waals surface area (Å²) in [7, 11) is 8.25. The average Bonchev–Trinajstić information content (AvgIpc) is 3.03. The first kappa shape index (κ1) is 37.1. The first-order valence-electron chi connectivity index (χ1n) is 16.4. The fraction of sp³-hybridized carbons (Fsp3) is 0.405. The van der Waals surface area contributed by atoms with Crippen molar-refractivity contribution in [3.8, 4) is 0 Å². The monoisotopic (exact) mass is 688 g/mol. The fourth-order valence-corrected chi connectivity index (χ4v) is 7.04. The third-order valence-electron chi connectivity index (χ3n) is 8.54. The lowest BCUT2D eigenvalue weighted by atomic mass is 10.0. The Morgan fingerprint density at radius 3 is 2.06 bits per heavy atom. The standard InChI is InChI=1S/C37H48N6O5S/c1-21(2)34(40-32(44)16-17-33(45)46)37(48)38-24(5)36(47)39-26-12-10-25(11-13-26)20-43-28-15-14-27(41(6)7)23(4)35(28)49-31-19-29(42(8)9)22(3)18-30(31)43/h10-15,18-19,21,24,34H,16-17,20H2,1-9H3,(H,38,48)(H,39,47)(H,40,44)(H,45,46). The van der Waals surface area contributed by atoms with Crippen LogP contribution in [-0.4, -0.2) is 69.1 Å². The summed E-state index contributed by atoms with van der Waals surface area (Å²) >= 11 is 1.81. The molecule has 1 aliphatic heterocycles. The summed E-state index contributed by atoms with van der Waals surface area (Å²) in [6, 6.07) is 14.8. The van der Waals surface area contributed by atoms with Gasteiger partial charge in [-0.2, -0.15) is 0 Å². The molecule has 1 heterocycles. The first-order valence-corrected chi connectivity index (χ1v) is 17.2. The minimum absolute atomic E-state index is 0.234. The molecule has 2 unspecified atom stereocenters. The molecule has 0 aromatic heterocycles. The van der Waals surface area contributed by atoms with Gasteiger partial charge in [0.1, 0.15) is 12.1 Å². The zero-order chi connectivity index (χ0) is 36.2. The number of carboxylic acids is 1. The Labute approximate surface area is 293 Å². The predicted octanol–water partition coefficient (Wildman–Crippen LogP) is 5.69. The molecule has 1 aliphatic rings. The second kappa shape index (κ2) is 15.7. The van der Waals surface area contributed by atoms with Gasteiger partial charge in [-0.25, -0.2) is 0 Å². The Hall–Kier alpha value is -4.71. The van der Waals surface area contributed by atoms with Gasteiger partial charge in [-0.1, -0.05) is 37.7 Å². The van der Waals surface area contributed by atoms with E-state index >= 15 is 0 Å². The molecule has 3 amide bonds. The Bertz CT molecular complexity index is 1720. The van der Waals surface area contributed by atoms with Crippen LogP contribution in [0, 0.1) is 19.8 Å². The van der Waals surface area contributed by atoms with Crippen LogP contribution in [0.3, 0.4) is 0 Å². The van der Waals surface area contributed by atoms with Crippen molar-refractivity contribution in [1.82, 2.24) is 10.6 Å². The number of rotatable bonds is 13. The summed E-state index contributed by atoms with van der Waals surface area (Å²) in [6.07, 6.45) is -0.566. The lowest BCUT2D eigenvalue weighted by Gasteiger charge is -2.36. The van der Waals surface area contributed by atoms with Crippen LogP contribution in [-0.2, 0) is 25.7 Å². The maximum Gasteiger partial charge on any atom is 0.303 e. The van der Waals surface area contributed by atoms with Gasteiger partial charge in [-0.15, -0.1) is 0 Å². The molecule has 2 atom stereocenters. The summed E-state index contributed by atoms with van der Waals surface area (Å²) in [5.74, 6) is -2.82. The molecule has 0 saturated carbocycles. The van der Waals surface area contributed by atoms with E-state index < -0.39 is 35.8 Å². The molecule has 0 aliphatic carbocycles. The lowest BCUT2D eigenvalue weighted by molar-refractivity contribution is -0.139. The van der Waals surface area contributed by atoms with Crippen molar-refractivity contribution in [2.45, 2.75) is 75.9 Å². The van der Waals surface area contributed by atoms with Gasteiger partial charge >= 0.3 is 5.97 Å². The van der Waals surface area contributed by atoms with Crippen molar-refractivity contribution in [3.63, 3.8) is 0 Å². The van der Waals surface area contributed by atoms with Crippen LogP contribution in [0.15, 0.2) is 58.3 Å². The number of nitrogens with zero attached hydrogens (tertiary/aromatic N) is 3. The van der Waals surface area contributed by atoms with Crippen LogP contribution in [0.5, 0.6) is 0 Å². The van der Waals surface area contributed by atoms with Crippen molar-refractivity contribution < 1.29 is 24.3 Å². The SMILES string of the molecule is Cc1cc2c(cc1N(C)C)Sc1c(ccc(N(C)C)c1C)N2Cc1ccc(NC(=O)C(C)NC(=O)C(NC(=O)CCC(=O)O)C(C)C)cc1. The van der Waals surface area contributed by atoms with Crippen LogP contribution in [0.25, 0.3) is 0 Å². The topological polar surface area (TPSA) is 134 Å². The summed E-state index contributed by atoms with van der Waals surface area (Å²) in [6.45, 7) is 10.0. The van der Waals surface area contributed by atoms with Gasteiger partial charge < -0.3 is 35.8 Å². The van der Waals surface area contributed by atoms with Crippen molar-refractivity contribution in [2.24, 2.45) is 5.92 Å². The molecule has 0 radical (unpaired) electrons. The second-order valence-electron chi connectivity index (χ2n) is 13.2. The smallest absolute Gasteiger partial charge is 0.303 e. The highest BCUT2D eigenvalue weighted by molar-refractivity contribution is 7.99. The van der Waals surface area contributed by atoms with E-state index in [0.29, 0.717) is 12.2 Å². The maximum absolute atomic E-state index is 13.0. The van der Waals surface area contributed by atoms with Crippen LogP contribution in [0.1, 0.15) is 50.3 Å². The number of carbonyl (C=O) groups is 4. The maximum atomic E-state index is 13.0. The average molecular weight is 689 g/mol. The molecule has 0 saturated heterocycles. The van der Waals surface area contributed by atoms with Crippen LogP contribution >= 0.6 is 11.8 Å². The third kappa shape index (κ3) is 8.86. The molecule has 11 nitrogen and oxygen atoms in total. The molecule has 3 aromatic rings. The number of carboxylic acid groups (broad SMARTS) is 1. The molecule has 12 heteroatoms. The zero-order valence-corrected chi connectivity index (χ0v) is 30.6. The molecule has 0 bridgehead atoms. The highest BCUT2D eigenvalue weighted by atomic mass is 32.2. The summed E-state index contributed by atoms with van der Waals surface area (Å²) < 4.78 is 0. The van der Waals surface area contributed by atoms with Gasteiger partial charge in [-0.05, 0) is 79.8 Å². The summed E-state index contributed by atoms with van der Waals surface area (Å²) in [5, 5.41) is 17.0. The molecule has 4 N–H and O–H groups in total. The summed E-state index contributed by atoms with van der Waals surface area (Å²) in [4.78, 5) is 58.0. The van der Waals surface area contributed by atoms with Crippen molar-refractivity contribution >= 4 is 63.9 Å². The van der Waals surface area contributed by atoms with E-state index in [2.05, 4.69) is 97.0 Å². The number of amides is 3. The Balaban J connectivity index is 1.49. The van der Waals surface area contributed by atoms with Crippen molar-refractivity contribution in [3.05, 3.63) is 65.2 Å². The van der Waals surface area contributed by atoms with Gasteiger partial charge in [0.05, 0.1) is 17.8 Å². The van der Waals surface area contributed by atoms with E-state index in [4.69, 9.17) is 5.11 Å². The first-order chi connectivity index (χ1) is 23.1. The van der Waals surface area contributed by atoms with Gasteiger partial charge in [0, 0.05) is 68.0 Å².